The van der Waals surface area contributed by atoms with E-state index in [0.29, 0.717) is 18.5 Å². The van der Waals surface area contributed by atoms with Crippen molar-refractivity contribution in [2.24, 2.45) is 11.7 Å². The second-order valence-electron chi connectivity index (χ2n) is 10.7. The highest BCUT2D eigenvalue weighted by molar-refractivity contribution is 7.09. The van der Waals surface area contributed by atoms with E-state index in [0.717, 1.165) is 22.5 Å². The molecular weight excluding hydrogens is 534 g/mol. The second kappa shape index (κ2) is 15.7. The average molecular weight is 586 g/mol. The lowest BCUT2D eigenvalue weighted by atomic mass is 9.93. The van der Waals surface area contributed by atoms with Gasteiger partial charge in [-0.2, -0.15) is 0 Å². The first-order valence-electron chi connectivity index (χ1n) is 16.7. The van der Waals surface area contributed by atoms with Crippen LogP contribution in [0.1, 0.15) is 69.9 Å². The van der Waals surface area contributed by atoms with Crippen LogP contribution in [-0.2, 0) is 24.2 Å². The predicted octanol–water partition coefficient (Wildman–Crippen LogP) is 4.48. The molecule has 4 atom stereocenters. The van der Waals surface area contributed by atoms with E-state index in [2.05, 4.69) is 15.6 Å². The van der Waals surface area contributed by atoms with Gasteiger partial charge in [-0.05, 0) is 36.3 Å². The zero-order chi connectivity index (χ0) is 34.9. The molecule has 0 saturated carbocycles. The molecule has 5 N–H and O–H groups in total. The highest BCUT2D eigenvalue weighted by atomic mass is 32.1. The number of carbonyl (C=O) groups excluding carboxylic acids is 2. The minimum Gasteiger partial charge on any atom is -0.391 e. The molecule has 0 aliphatic rings. The Kier molecular flexibility index (Phi) is 9.29. The van der Waals surface area contributed by atoms with Crippen molar-refractivity contribution in [3.05, 3.63) is 87.9 Å². The molecule has 3 rings (SSSR count). The second-order valence-corrected chi connectivity index (χ2v) is 11.6. The number of nitrogens with one attached hydrogen (secondary N) is 2. The van der Waals surface area contributed by atoms with Crippen LogP contribution in [0.5, 0.6) is 0 Å². The van der Waals surface area contributed by atoms with Gasteiger partial charge in [0, 0.05) is 38.7 Å². The van der Waals surface area contributed by atoms with Crippen LogP contribution in [0.25, 0.3) is 0 Å². The molecule has 1 unspecified atom stereocenters. The quantitative estimate of drug-likeness (QED) is 0.222. The van der Waals surface area contributed by atoms with Crippen LogP contribution in [0, 0.1) is 5.92 Å². The highest BCUT2D eigenvalue weighted by Gasteiger charge is 2.29. The van der Waals surface area contributed by atoms with Crippen molar-refractivity contribution in [1.29, 1.82) is 0 Å². The molecule has 41 heavy (non-hydrogen) atoms. The van der Waals surface area contributed by atoms with Gasteiger partial charge in [0.1, 0.15) is 6.04 Å². The van der Waals surface area contributed by atoms with Gasteiger partial charge in [0.2, 0.25) is 5.91 Å². The van der Waals surface area contributed by atoms with Gasteiger partial charge < -0.3 is 26.4 Å². The lowest BCUT2D eigenvalue weighted by Crippen LogP contribution is -2.55. The van der Waals surface area contributed by atoms with Crippen molar-refractivity contribution in [3.63, 3.8) is 0 Å². The fourth-order valence-electron chi connectivity index (χ4n) is 4.49. The van der Waals surface area contributed by atoms with Crippen LogP contribution in [0.2, 0.25) is 0 Å². The van der Waals surface area contributed by atoms with Crippen molar-refractivity contribution >= 4 is 23.3 Å². The van der Waals surface area contributed by atoms with Gasteiger partial charge in [-0.25, -0.2) is 9.78 Å². The third kappa shape index (κ3) is 10.3. The standard InChI is InChI=1S/C32H45N5O3S/c1-21(2)29(36-32(40)37(5)19-26-20-41-31(35-26)22(3)4)30(39)34-25(16-23-12-8-6-9-13-23)18-28(38)27(33)17-24-14-10-7-11-15-24/h6-15,20-22,25,27-29,38H,16-19,33H2,1-5H3,(H,34,39)(H,36,40)/t25-,27-,28-,29?/m0/s1/i3D3,4D3. The summed E-state index contributed by atoms with van der Waals surface area (Å²) in [6, 6.07) is 16.7. The number of aliphatic hydroxyl groups excluding tert-OH is 1. The van der Waals surface area contributed by atoms with Gasteiger partial charge in [-0.15, -0.1) is 11.3 Å². The Morgan fingerprint density at radius 1 is 1.02 bits per heavy atom. The number of hydrogen-bond donors (Lipinski definition) is 4. The average Bonchev–Trinajstić information content (AvgIpc) is 3.41. The molecule has 0 aliphatic carbocycles. The van der Waals surface area contributed by atoms with Crippen molar-refractivity contribution in [3.8, 4) is 0 Å². The Morgan fingerprint density at radius 2 is 1.63 bits per heavy atom. The van der Waals surface area contributed by atoms with E-state index in [4.69, 9.17) is 14.0 Å². The van der Waals surface area contributed by atoms with Gasteiger partial charge in [0.25, 0.3) is 0 Å². The van der Waals surface area contributed by atoms with Crippen molar-refractivity contribution < 1.29 is 22.9 Å². The van der Waals surface area contributed by atoms with Crippen LogP contribution in [-0.4, -0.2) is 58.2 Å². The van der Waals surface area contributed by atoms with E-state index >= 15 is 0 Å². The lowest BCUT2D eigenvalue weighted by Gasteiger charge is -2.29. The van der Waals surface area contributed by atoms with E-state index in [1.165, 1.54) is 17.3 Å². The maximum Gasteiger partial charge on any atom is 0.318 e. The molecule has 222 valence electrons. The molecule has 0 saturated heterocycles. The van der Waals surface area contributed by atoms with Crippen LogP contribution in [0.15, 0.2) is 66.0 Å². The van der Waals surface area contributed by atoms with E-state index in [1.807, 2.05) is 60.7 Å². The summed E-state index contributed by atoms with van der Waals surface area (Å²) < 4.78 is 46.1. The molecule has 0 radical (unpaired) electrons. The highest BCUT2D eigenvalue weighted by Crippen LogP contribution is 2.20. The number of aromatic nitrogens is 1. The summed E-state index contributed by atoms with van der Waals surface area (Å²) in [5.74, 6) is -2.45. The smallest absolute Gasteiger partial charge is 0.318 e. The van der Waals surface area contributed by atoms with Gasteiger partial charge in [-0.1, -0.05) is 88.2 Å². The van der Waals surface area contributed by atoms with E-state index in [9.17, 15) is 14.7 Å². The van der Waals surface area contributed by atoms with Crippen LogP contribution >= 0.6 is 11.3 Å². The predicted molar refractivity (Wildman–Crippen MR) is 166 cm³/mol. The first kappa shape index (κ1) is 24.3. The first-order chi connectivity index (χ1) is 22.0. The third-order valence-electron chi connectivity index (χ3n) is 6.80. The monoisotopic (exact) mass is 585 g/mol. The normalized spacial score (nSPS) is 17.1. The summed E-state index contributed by atoms with van der Waals surface area (Å²) in [6.45, 7) is -1.98. The topological polar surface area (TPSA) is 121 Å². The van der Waals surface area contributed by atoms with Gasteiger partial charge in [0.15, 0.2) is 0 Å². The zero-order valence-corrected chi connectivity index (χ0v) is 24.6. The molecule has 1 heterocycles. The van der Waals surface area contributed by atoms with Crippen LogP contribution < -0.4 is 16.4 Å². The SMILES string of the molecule is [2H]C([2H])([2H])C(c1nc(CN(C)C(=O)NC(C(=O)N[C@@H](Cc2ccccc2)C[C@H](O)[C@@H](N)Cc2ccccc2)C(C)C)cs1)C([2H])([2H])[2H]. The lowest BCUT2D eigenvalue weighted by molar-refractivity contribution is -0.124. The third-order valence-corrected chi connectivity index (χ3v) is 7.75. The molecule has 0 fully saturated rings. The number of nitrogens with two attached hydrogens (primary N) is 1. The minimum absolute atomic E-state index is 0.0361. The van der Waals surface area contributed by atoms with Gasteiger partial charge in [0.05, 0.1) is 23.4 Å². The maximum absolute atomic E-state index is 13.6. The Balaban J connectivity index is 1.69. The molecule has 3 aromatic rings. The number of hydrogen-bond acceptors (Lipinski definition) is 6. The first-order valence-corrected chi connectivity index (χ1v) is 14.6. The van der Waals surface area contributed by atoms with Crippen LogP contribution in [0.3, 0.4) is 0 Å². The number of rotatable bonds is 14. The number of thiazole rings is 1. The van der Waals surface area contributed by atoms with E-state index in [1.54, 1.807) is 13.8 Å². The van der Waals surface area contributed by atoms with Crippen molar-refractivity contribution in [2.75, 3.05) is 7.05 Å². The maximum atomic E-state index is 13.6. The molecule has 0 spiro atoms. The fraction of sp³-hybridized carbons (Fsp3) is 0.469. The van der Waals surface area contributed by atoms with Gasteiger partial charge >= 0.3 is 6.03 Å². The number of amides is 3. The molecule has 0 aliphatic heterocycles. The van der Waals surface area contributed by atoms with Crippen LogP contribution in [0.4, 0.5) is 4.79 Å². The Labute approximate surface area is 256 Å². The Bertz CT molecular complexity index is 1410. The summed E-state index contributed by atoms with van der Waals surface area (Å²) in [5.41, 5.74) is 8.66. The minimum atomic E-state index is -2.77. The molecule has 0 bridgehead atoms. The molecular formula is C32H45N5O3S. The van der Waals surface area contributed by atoms with Crippen molar-refractivity contribution in [1.82, 2.24) is 20.5 Å². The zero-order valence-electron chi connectivity index (χ0n) is 29.8. The molecule has 2 aromatic carbocycles. The number of carbonyl (C=O) groups is 2. The van der Waals surface area contributed by atoms with Crippen molar-refractivity contribution in [2.45, 2.75) is 83.5 Å². The Morgan fingerprint density at radius 3 is 2.22 bits per heavy atom. The number of urea groups is 1. The summed E-state index contributed by atoms with van der Waals surface area (Å²) >= 11 is 0.920. The van der Waals surface area contributed by atoms with E-state index in [-0.39, 0.29) is 23.9 Å². The number of benzene rings is 2. The molecule has 8 nitrogen and oxygen atoms in total. The Hall–Kier alpha value is -3.27. The fourth-order valence-corrected chi connectivity index (χ4v) is 5.18. The summed E-state index contributed by atoms with van der Waals surface area (Å²) in [5, 5.41) is 18.3. The summed E-state index contributed by atoms with van der Waals surface area (Å²) in [6.07, 6.45) is 0.214. The molecule has 3 amide bonds. The molecule has 9 heteroatoms. The number of aliphatic hydroxyl groups is 1. The largest absolute Gasteiger partial charge is 0.391 e. The number of nitrogens with zero attached hydrogens (tertiary/aromatic N) is 2. The molecule has 1 aromatic heterocycles. The van der Waals surface area contributed by atoms with Gasteiger partial charge in [-0.3, -0.25) is 4.79 Å². The summed E-state index contributed by atoms with van der Waals surface area (Å²) in [4.78, 5) is 32.4. The summed E-state index contributed by atoms with van der Waals surface area (Å²) in [7, 11) is 1.50. The van der Waals surface area contributed by atoms with E-state index < -0.39 is 55.8 Å².